The molecule has 2 aromatic carbocycles. The molecule has 0 saturated heterocycles. The Morgan fingerprint density at radius 2 is 1.86 bits per heavy atom. The average molecular weight is 406 g/mol. The van der Waals surface area contributed by atoms with Crippen LogP contribution in [-0.2, 0) is 14.8 Å². The first kappa shape index (κ1) is 21.2. The van der Waals surface area contributed by atoms with Crippen molar-refractivity contribution in [1.29, 1.82) is 0 Å². The van der Waals surface area contributed by atoms with E-state index in [0.29, 0.717) is 22.6 Å². The van der Waals surface area contributed by atoms with E-state index in [1.54, 1.807) is 38.1 Å². The maximum Gasteiger partial charge on any atom is 0.341 e. The number of hydrazone groups is 1. The van der Waals surface area contributed by atoms with Crippen LogP contribution in [0.5, 0.6) is 11.5 Å². The monoisotopic (exact) mass is 406 g/mol. The molecule has 0 aromatic heterocycles. The molecule has 2 aromatic rings. The third-order valence-corrected chi connectivity index (χ3v) is 5.25. The van der Waals surface area contributed by atoms with E-state index in [9.17, 15) is 13.2 Å². The number of aryl methyl sites for hydroxylation is 2. The molecule has 0 saturated carbocycles. The van der Waals surface area contributed by atoms with Crippen molar-refractivity contribution in [2.24, 2.45) is 5.10 Å². The van der Waals surface area contributed by atoms with Crippen molar-refractivity contribution in [3.8, 4) is 11.5 Å². The van der Waals surface area contributed by atoms with Gasteiger partial charge in [-0.25, -0.2) is 4.79 Å². The van der Waals surface area contributed by atoms with Crippen molar-refractivity contribution in [3.05, 3.63) is 53.1 Å². The summed E-state index contributed by atoms with van der Waals surface area (Å²) in [4.78, 5) is 13.0. The molecule has 2 rings (SSSR count). The van der Waals surface area contributed by atoms with Crippen LogP contribution < -0.4 is 14.3 Å². The van der Waals surface area contributed by atoms with Gasteiger partial charge in [-0.3, -0.25) is 0 Å². The topological polar surface area (TPSA) is 114 Å². The third kappa shape index (κ3) is 5.23. The molecule has 0 heterocycles. The Labute approximate surface area is 163 Å². The average Bonchev–Trinajstić information content (AvgIpc) is 2.66. The minimum atomic E-state index is -3.82. The molecule has 0 aliphatic rings. The third-order valence-electron chi connectivity index (χ3n) is 3.90. The fourth-order valence-corrected chi connectivity index (χ4v) is 3.58. The van der Waals surface area contributed by atoms with Crippen molar-refractivity contribution in [2.75, 3.05) is 13.7 Å². The predicted molar refractivity (Wildman–Crippen MR) is 105 cm³/mol. The smallest absolute Gasteiger partial charge is 0.341 e. The maximum atomic E-state index is 12.5. The van der Waals surface area contributed by atoms with E-state index in [1.165, 1.54) is 13.2 Å². The Hall–Kier alpha value is -3.07. The predicted octanol–water partition coefficient (Wildman–Crippen LogP) is 2.48. The first-order valence-electron chi connectivity index (χ1n) is 8.30. The second-order valence-electron chi connectivity index (χ2n) is 6.11. The van der Waals surface area contributed by atoms with Crippen LogP contribution in [0.25, 0.3) is 0 Å². The molecular weight excluding hydrogens is 384 g/mol. The van der Waals surface area contributed by atoms with E-state index >= 15 is 0 Å². The number of benzene rings is 2. The summed E-state index contributed by atoms with van der Waals surface area (Å²) in [6, 6.07) is 9.91. The number of hydrogen-bond acceptors (Lipinski definition) is 6. The molecule has 0 aliphatic carbocycles. The lowest BCUT2D eigenvalue weighted by molar-refractivity contribution is -0.139. The zero-order valence-electron chi connectivity index (χ0n) is 16.0. The number of carboxylic acids is 1. The highest BCUT2D eigenvalue weighted by Gasteiger charge is 2.17. The van der Waals surface area contributed by atoms with Crippen LogP contribution in [0, 0.1) is 13.8 Å². The molecule has 0 spiro atoms. The van der Waals surface area contributed by atoms with Crippen LogP contribution in [-0.4, -0.2) is 38.9 Å². The van der Waals surface area contributed by atoms with Crippen LogP contribution in [0.2, 0.25) is 0 Å². The number of nitrogens with one attached hydrogen (secondary N) is 1. The SMILES string of the molecule is COc1cc(/C(C)=N\NS(=O)(=O)c2cc(C)ccc2C)ccc1OCC(=O)O. The van der Waals surface area contributed by atoms with Gasteiger partial charge in [-0.2, -0.15) is 18.4 Å². The summed E-state index contributed by atoms with van der Waals surface area (Å²) in [6.45, 7) is 4.66. The number of ether oxygens (including phenoxy) is 2. The fraction of sp³-hybridized carbons (Fsp3) is 0.263. The van der Waals surface area contributed by atoms with E-state index in [2.05, 4.69) is 9.93 Å². The molecule has 9 heteroatoms. The second kappa shape index (κ2) is 8.75. The lowest BCUT2D eigenvalue weighted by Crippen LogP contribution is -2.21. The lowest BCUT2D eigenvalue weighted by Gasteiger charge is -2.12. The van der Waals surface area contributed by atoms with Gasteiger partial charge in [-0.05, 0) is 56.2 Å². The Morgan fingerprint density at radius 3 is 2.50 bits per heavy atom. The number of rotatable bonds is 8. The maximum absolute atomic E-state index is 12.5. The van der Waals surface area contributed by atoms with Crippen LogP contribution in [0.15, 0.2) is 46.4 Å². The summed E-state index contributed by atoms with van der Waals surface area (Å²) in [7, 11) is -2.40. The molecule has 0 bridgehead atoms. The number of carboxylic acid groups (broad SMARTS) is 1. The van der Waals surface area contributed by atoms with Crippen molar-refractivity contribution in [2.45, 2.75) is 25.7 Å². The summed E-state index contributed by atoms with van der Waals surface area (Å²) in [5.74, 6) is -0.534. The Bertz CT molecular complexity index is 1020. The van der Waals surface area contributed by atoms with Crippen LogP contribution in [0.1, 0.15) is 23.6 Å². The van der Waals surface area contributed by atoms with Gasteiger partial charge in [-0.1, -0.05) is 12.1 Å². The van der Waals surface area contributed by atoms with Gasteiger partial charge in [0.25, 0.3) is 10.0 Å². The van der Waals surface area contributed by atoms with Crippen molar-refractivity contribution in [1.82, 2.24) is 4.83 Å². The standard InChI is InChI=1S/C19H22N2O6S/c1-12-5-6-13(2)18(9-12)28(24,25)21-20-14(3)15-7-8-16(17(10-15)26-4)27-11-19(22)23/h5-10,21H,11H2,1-4H3,(H,22,23)/b20-14-. The number of sulfonamides is 1. The van der Waals surface area contributed by atoms with Crippen molar-refractivity contribution >= 4 is 21.7 Å². The molecule has 0 fully saturated rings. The molecule has 8 nitrogen and oxygen atoms in total. The van der Waals surface area contributed by atoms with Crippen molar-refractivity contribution < 1.29 is 27.8 Å². The minimum Gasteiger partial charge on any atom is -0.493 e. The van der Waals surface area contributed by atoms with Gasteiger partial charge in [0, 0.05) is 5.56 Å². The number of hydrogen-bond donors (Lipinski definition) is 2. The summed E-state index contributed by atoms with van der Waals surface area (Å²) in [5, 5.41) is 12.7. The molecule has 0 aliphatic heterocycles. The highest BCUT2D eigenvalue weighted by atomic mass is 32.2. The Morgan fingerprint density at radius 1 is 1.14 bits per heavy atom. The van der Waals surface area contributed by atoms with Gasteiger partial charge < -0.3 is 14.6 Å². The molecule has 0 radical (unpaired) electrons. The zero-order chi connectivity index (χ0) is 20.9. The first-order chi connectivity index (χ1) is 13.1. The van der Waals surface area contributed by atoms with E-state index in [0.717, 1.165) is 5.56 Å². The van der Waals surface area contributed by atoms with Gasteiger partial charge >= 0.3 is 5.97 Å². The van der Waals surface area contributed by atoms with Crippen LogP contribution >= 0.6 is 0 Å². The van der Waals surface area contributed by atoms with Gasteiger partial charge in [0.05, 0.1) is 17.7 Å². The highest BCUT2D eigenvalue weighted by Crippen LogP contribution is 2.28. The summed E-state index contributed by atoms with van der Waals surface area (Å²) in [6.07, 6.45) is 0. The zero-order valence-corrected chi connectivity index (χ0v) is 16.8. The molecular formula is C19H22N2O6S. The number of nitrogens with zero attached hydrogens (tertiary/aromatic N) is 1. The van der Waals surface area contributed by atoms with Gasteiger partial charge in [0.2, 0.25) is 0 Å². The Balaban J connectivity index is 2.25. The number of carbonyl (C=O) groups is 1. The van der Waals surface area contributed by atoms with Gasteiger partial charge in [0.1, 0.15) is 0 Å². The van der Waals surface area contributed by atoms with Crippen LogP contribution in [0.4, 0.5) is 0 Å². The number of methoxy groups -OCH3 is 1. The van der Waals surface area contributed by atoms with Gasteiger partial charge in [-0.15, -0.1) is 0 Å². The normalized spacial score (nSPS) is 11.8. The molecule has 2 N–H and O–H groups in total. The molecule has 28 heavy (non-hydrogen) atoms. The summed E-state index contributed by atoms with van der Waals surface area (Å²) >= 11 is 0. The summed E-state index contributed by atoms with van der Waals surface area (Å²) in [5.41, 5.74) is 2.43. The fourth-order valence-electron chi connectivity index (χ4n) is 2.39. The first-order valence-corrected chi connectivity index (χ1v) is 9.78. The highest BCUT2D eigenvalue weighted by molar-refractivity contribution is 7.89. The molecule has 0 atom stereocenters. The van der Waals surface area contributed by atoms with Gasteiger partial charge in [0.15, 0.2) is 18.1 Å². The van der Waals surface area contributed by atoms with Crippen molar-refractivity contribution in [3.63, 3.8) is 0 Å². The quantitative estimate of drug-likeness (QED) is 0.514. The summed E-state index contributed by atoms with van der Waals surface area (Å²) < 4.78 is 35.4. The molecule has 0 unspecified atom stereocenters. The number of aliphatic carboxylic acids is 1. The molecule has 150 valence electrons. The van der Waals surface area contributed by atoms with E-state index in [1.807, 2.05) is 13.0 Å². The van der Waals surface area contributed by atoms with E-state index in [4.69, 9.17) is 14.6 Å². The second-order valence-corrected chi connectivity index (χ2v) is 7.74. The van der Waals surface area contributed by atoms with E-state index in [-0.39, 0.29) is 10.6 Å². The lowest BCUT2D eigenvalue weighted by atomic mass is 10.1. The van der Waals surface area contributed by atoms with Crippen LogP contribution in [0.3, 0.4) is 0 Å². The Kier molecular flexibility index (Phi) is 6.63. The molecule has 0 amide bonds. The largest absolute Gasteiger partial charge is 0.493 e. The minimum absolute atomic E-state index is 0.166. The van der Waals surface area contributed by atoms with E-state index < -0.39 is 22.6 Å².